The summed E-state index contributed by atoms with van der Waals surface area (Å²) in [6, 6.07) is 9.59. The van der Waals surface area contributed by atoms with Gasteiger partial charge in [-0.2, -0.15) is 5.10 Å². The summed E-state index contributed by atoms with van der Waals surface area (Å²) in [6.07, 6.45) is 6.67. The Morgan fingerprint density at radius 3 is 2.70 bits per heavy atom. The highest BCUT2D eigenvalue weighted by Crippen LogP contribution is 2.32. The molecule has 1 aliphatic carbocycles. The number of nitrogens with zero attached hydrogens (tertiary/aromatic N) is 3. The smallest absolute Gasteiger partial charge is 0.223 e. The number of aromatic nitrogens is 3. The summed E-state index contributed by atoms with van der Waals surface area (Å²) < 4.78 is 1.70. The molecule has 0 bridgehead atoms. The second-order valence-corrected chi connectivity index (χ2v) is 6.26. The SMILES string of the molecule is O=C(CC1(O)CCCC1)NC(Cn1cncn1)c1ccccc1. The molecule has 2 aromatic rings. The molecule has 1 heterocycles. The van der Waals surface area contributed by atoms with E-state index in [4.69, 9.17) is 0 Å². The molecule has 0 saturated heterocycles. The molecular weight excluding hydrogens is 292 g/mol. The summed E-state index contributed by atoms with van der Waals surface area (Å²) in [5.74, 6) is -0.122. The quantitative estimate of drug-likeness (QED) is 0.852. The number of carbonyl (C=O) groups is 1. The van der Waals surface area contributed by atoms with Crippen molar-refractivity contribution < 1.29 is 9.90 Å². The second kappa shape index (κ2) is 6.91. The lowest BCUT2D eigenvalue weighted by atomic mass is 9.97. The van der Waals surface area contributed by atoms with Crippen LogP contribution in [0.25, 0.3) is 0 Å². The van der Waals surface area contributed by atoms with Crippen molar-refractivity contribution in [1.82, 2.24) is 20.1 Å². The minimum absolute atomic E-state index is 0.122. The van der Waals surface area contributed by atoms with E-state index >= 15 is 0 Å². The third-order valence-corrected chi connectivity index (χ3v) is 4.40. The Labute approximate surface area is 135 Å². The Morgan fingerprint density at radius 2 is 2.04 bits per heavy atom. The third kappa shape index (κ3) is 4.16. The molecule has 0 spiro atoms. The first-order valence-electron chi connectivity index (χ1n) is 8.04. The van der Waals surface area contributed by atoms with Crippen molar-refractivity contribution >= 4 is 5.91 Å². The molecule has 1 saturated carbocycles. The van der Waals surface area contributed by atoms with E-state index in [1.165, 1.54) is 6.33 Å². The highest BCUT2D eigenvalue weighted by molar-refractivity contribution is 5.77. The predicted molar refractivity (Wildman–Crippen MR) is 85.4 cm³/mol. The number of hydrogen-bond donors (Lipinski definition) is 2. The molecule has 6 heteroatoms. The van der Waals surface area contributed by atoms with Gasteiger partial charge in [-0.1, -0.05) is 43.2 Å². The minimum atomic E-state index is -0.835. The molecule has 122 valence electrons. The highest BCUT2D eigenvalue weighted by Gasteiger charge is 2.34. The largest absolute Gasteiger partial charge is 0.389 e. The van der Waals surface area contributed by atoms with Crippen LogP contribution in [0.1, 0.15) is 43.7 Å². The van der Waals surface area contributed by atoms with Crippen LogP contribution >= 0.6 is 0 Å². The first kappa shape index (κ1) is 15.7. The monoisotopic (exact) mass is 314 g/mol. The van der Waals surface area contributed by atoms with Crippen molar-refractivity contribution in [1.29, 1.82) is 0 Å². The van der Waals surface area contributed by atoms with Gasteiger partial charge in [0.1, 0.15) is 12.7 Å². The number of aliphatic hydroxyl groups is 1. The molecule has 0 radical (unpaired) electrons. The summed E-state index contributed by atoms with van der Waals surface area (Å²) in [7, 11) is 0. The van der Waals surface area contributed by atoms with Gasteiger partial charge in [-0.25, -0.2) is 4.98 Å². The fourth-order valence-corrected chi connectivity index (χ4v) is 3.19. The Hall–Kier alpha value is -2.21. The van der Waals surface area contributed by atoms with Crippen LogP contribution in [0, 0.1) is 0 Å². The van der Waals surface area contributed by atoms with E-state index in [-0.39, 0.29) is 18.4 Å². The third-order valence-electron chi connectivity index (χ3n) is 4.40. The van der Waals surface area contributed by atoms with Crippen molar-refractivity contribution in [2.45, 2.75) is 50.3 Å². The van der Waals surface area contributed by atoms with Crippen LogP contribution in [0.5, 0.6) is 0 Å². The maximum absolute atomic E-state index is 12.4. The Morgan fingerprint density at radius 1 is 1.30 bits per heavy atom. The number of hydrogen-bond acceptors (Lipinski definition) is 4. The van der Waals surface area contributed by atoms with E-state index in [0.717, 1.165) is 18.4 Å². The van der Waals surface area contributed by atoms with Gasteiger partial charge < -0.3 is 10.4 Å². The van der Waals surface area contributed by atoms with Crippen molar-refractivity contribution in [3.05, 3.63) is 48.5 Å². The van der Waals surface area contributed by atoms with Gasteiger partial charge in [0, 0.05) is 0 Å². The lowest BCUT2D eigenvalue weighted by molar-refractivity contribution is -0.126. The molecule has 1 aliphatic rings. The molecule has 23 heavy (non-hydrogen) atoms. The van der Waals surface area contributed by atoms with Gasteiger partial charge in [0.15, 0.2) is 0 Å². The summed E-state index contributed by atoms with van der Waals surface area (Å²) in [5, 5.41) is 17.6. The standard InChI is InChI=1S/C17H22N4O2/c22-16(10-17(23)8-4-5-9-17)20-15(11-21-13-18-12-19-21)14-6-2-1-3-7-14/h1-3,6-7,12-13,15,23H,4-5,8-11H2,(H,20,22). The van der Waals surface area contributed by atoms with Gasteiger partial charge in [-0.05, 0) is 18.4 Å². The van der Waals surface area contributed by atoms with Crippen LogP contribution < -0.4 is 5.32 Å². The molecule has 0 aliphatic heterocycles. The Balaban J connectivity index is 1.69. The summed E-state index contributed by atoms with van der Waals surface area (Å²) in [6.45, 7) is 0.508. The number of carbonyl (C=O) groups excluding carboxylic acids is 1. The van der Waals surface area contributed by atoms with Crippen LogP contribution in [0.15, 0.2) is 43.0 Å². The van der Waals surface area contributed by atoms with Gasteiger partial charge in [0.05, 0.1) is 24.6 Å². The lowest BCUT2D eigenvalue weighted by Gasteiger charge is -2.24. The van der Waals surface area contributed by atoms with Crippen LogP contribution in [-0.2, 0) is 11.3 Å². The van der Waals surface area contributed by atoms with Gasteiger partial charge >= 0.3 is 0 Å². The van der Waals surface area contributed by atoms with Crippen molar-refractivity contribution in [3.63, 3.8) is 0 Å². The molecular formula is C17H22N4O2. The average molecular weight is 314 g/mol. The van der Waals surface area contributed by atoms with Crippen LogP contribution in [0.4, 0.5) is 0 Å². The molecule has 1 fully saturated rings. The van der Waals surface area contributed by atoms with E-state index in [9.17, 15) is 9.90 Å². The minimum Gasteiger partial charge on any atom is -0.389 e. The number of nitrogens with one attached hydrogen (secondary N) is 1. The van der Waals surface area contributed by atoms with E-state index in [1.807, 2.05) is 30.3 Å². The normalized spacial score (nSPS) is 17.8. The summed E-state index contributed by atoms with van der Waals surface area (Å²) in [5.41, 5.74) is 0.174. The average Bonchev–Trinajstić information content (AvgIpc) is 3.19. The van der Waals surface area contributed by atoms with Crippen LogP contribution in [0.2, 0.25) is 0 Å². The fraction of sp³-hybridized carbons (Fsp3) is 0.471. The molecule has 1 atom stereocenters. The Kier molecular flexibility index (Phi) is 4.71. The van der Waals surface area contributed by atoms with Gasteiger partial charge in [-0.15, -0.1) is 0 Å². The van der Waals surface area contributed by atoms with Crippen molar-refractivity contribution in [3.8, 4) is 0 Å². The highest BCUT2D eigenvalue weighted by atomic mass is 16.3. The van der Waals surface area contributed by atoms with Crippen molar-refractivity contribution in [2.75, 3.05) is 0 Å². The fourth-order valence-electron chi connectivity index (χ4n) is 3.19. The van der Waals surface area contributed by atoms with Crippen LogP contribution in [0.3, 0.4) is 0 Å². The van der Waals surface area contributed by atoms with Crippen molar-refractivity contribution in [2.24, 2.45) is 0 Å². The molecule has 2 N–H and O–H groups in total. The topological polar surface area (TPSA) is 80.0 Å². The predicted octanol–water partition coefficient (Wildman–Crippen LogP) is 1.83. The molecule has 3 rings (SSSR count). The number of amides is 1. The van der Waals surface area contributed by atoms with E-state index in [2.05, 4.69) is 15.4 Å². The zero-order chi connectivity index (χ0) is 16.1. The Bertz CT molecular complexity index is 621. The molecule has 1 aromatic carbocycles. The van der Waals surface area contributed by atoms with Gasteiger partial charge in [-0.3, -0.25) is 9.48 Å². The van der Waals surface area contributed by atoms with E-state index < -0.39 is 5.60 Å². The maximum atomic E-state index is 12.4. The molecule has 6 nitrogen and oxygen atoms in total. The molecule has 1 amide bonds. The first-order chi connectivity index (χ1) is 11.1. The molecule has 1 aromatic heterocycles. The summed E-state index contributed by atoms with van der Waals surface area (Å²) >= 11 is 0. The van der Waals surface area contributed by atoms with E-state index in [1.54, 1.807) is 11.0 Å². The number of benzene rings is 1. The number of rotatable bonds is 6. The van der Waals surface area contributed by atoms with Crippen LogP contribution in [-0.4, -0.2) is 31.4 Å². The zero-order valence-corrected chi connectivity index (χ0v) is 13.1. The summed E-state index contributed by atoms with van der Waals surface area (Å²) in [4.78, 5) is 16.3. The van der Waals surface area contributed by atoms with Gasteiger partial charge in [0.2, 0.25) is 5.91 Å². The van der Waals surface area contributed by atoms with E-state index in [0.29, 0.717) is 19.4 Å². The van der Waals surface area contributed by atoms with Gasteiger partial charge in [0.25, 0.3) is 0 Å². The second-order valence-electron chi connectivity index (χ2n) is 6.26. The maximum Gasteiger partial charge on any atom is 0.223 e. The molecule has 1 unspecified atom stereocenters. The lowest BCUT2D eigenvalue weighted by Crippen LogP contribution is -2.37. The first-order valence-corrected chi connectivity index (χ1v) is 8.04. The zero-order valence-electron chi connectivity index (χ0n) is 13.1.